The van der Waals surface area contributed by atoms with Crippen LogP contribution in [0.1, 0.15) is 44.9 Å². The number of furan rings is 1. The molecule has 3 rings (SSSR count). The van der Waals surface area contributed by atoms with Gasteiger partial charge in [0.25, 0.3) is 0 Å². The van der Waals surface area contributed by atoms with Crippen molar-refractivity contribution in [3.05, 3.63) is 54.0 Å². The van der Waals surface area contributed by atoms with Crippen LogP contribution in [0.25, 0.3) is 0 Å². The van der Waals surface area contributed by atoms with E-state index in [4.69, 9.17) is 13.9 Å². The van der Waals surface area contributed by atoms with E-state index >= 15 is 0 Å². The topological polar surface area (TPSA) is 107 Å². The molecular formula is C24H30N2O6. The molecule has 1 aromatic carbocycles. The molecule has 0 bridgehead atoms. The van der Waals surface area contributed by atoms with Gasteiger partial charge in [-0.05, 0) is 30.7 Å². The normalized spacial score (nSPS) is 19.4. The number of ketones is 1. The second kappa shape index (κ2) is 9.99. The average Bonchev–Trinajstić information content (AvgIpc) is 3.33. The Bertz CT molecular complexity index is 952. The number of Topliss-reactive ketones (excluding diaryl/α,β-unsaturated/α-hetero) is 1. The molecule has 2 aromatic rings. The lowest BCUT2D eigenvalue weighted by Crippen LogP contribution is -2.55. The zero-order valence-electron chi connectivity index (χ0n) is 18.8. The number of ether oxygens (including phenoxy) is 2. The van der Waals surface area contributed by atoms with Gasteiger partial charge in [-0.25, -0.2) is 4.79 Å². The Labute approximate surface area is 187 Å². The third-order valence-corrected chi connectivity index (χ3v) is 5.75. The summed E-state index contributed by atoms with van der Waals surface area (Å²) in [7, 11) is 0. The summed E-state index contributed by atoms with van der Waals surface area (Å²) >= 11 is 0. The van der Waals surface area contributed by atoms with E-state index in [-0.39, 0.29) is 24.2 Å². The smallest absolute Gasteiger partial charge is 0.413 e. The molecule has 2 heterocycles. The van der Waals surface area contributed by atoms with Crippen molar-refractivity contribution in [3.63, 3.8) is 0 Å². The lowest BCUT2D eigenvalue weighted by Gasteiger charge is -2.31. The van der Waals surface area contributed by atoms with Gasteiger partial charge in [0.15, 0.2) is 11.5 Å². The number of benzene rings is 1. The van der Waals surface area contributed by atoms with Gasteiger partial charge in [0, 0.05) is 6.07 Å². The van der Waals surface area contributed by atoms with Crippen LogP contribution in [0.15, 0.2) is 47.1 Å². The van der Waals surface area contributed by atoms with Gasteiger partial charge in [0.05, 0.1) is 12.4 Å². The summed E-state index contributed by atoms with van der Waals surface area (Å²) in [5.41, 5.74) is 0.577. The molecule has 1 aromatic heterocycles. The van der Waals surface area contributed by atoms with Crippen molar-refractivity contribution in [3.8, 4) is 5.75 Å². The summed E-state index contributed by atoms with van der Waals surface area (Å²) in [5, 5.41) is 5.44. The first kappa shape index (κ1) is 23.5. The van der Waals surface area contributed by atoms with Crippen LogP contribution in [0.4, 0.5) is 4.79 Å². The van der Waals surface area contributed by atoms with Crippen molar-refractivity contribution >= 4 is 17.8 Å². The Morgan fingerprint density at radius 1 is 1.22 bits per heavy atom. The Kier molecular flexibility index (Phi) is 7.35. The van der Waals surface area contributed by atoms with Crippen molar-refractivity contribution in [2.24, 2.45) is 0 Å². The first-order valence-electron chi connectivity index (χ1n) is 10.7. The highest BCUT2D eigenvalue weighted by molar-refractivity contribution is 5.94. The summed E-state index contributed by atoms with van der Waals surface area (Å²) in [6, 6.07) is 9.58. The van der Waals surface area contributed by atoms with Crippen LogP contribution in [0.5, 0.6) is 5.75 Å². The zero-order chi connectivity index (χ0) is 23.3. The van der Waals surface area contributed by atoms with Crippen molar-refractivity contribution < 1.29 is 28.3 Å². The number of hydrogen-bond donors (Lipinski definition) is 2. The van der Waals surface area contributed by atoms with E-state index in [0.29, 0.717) is 18.6 Å². The largest absolute Gasteiger partial charge is 0.466 e. The fourth-order valence-electron chi connectivity index (χ4n) is 3.84. The Hall–Kier alpha value is -3.13. The number of carbonyl (C=O) groups excluding carboxylic acids is 3. The van der Waals surface area contributed by atoms with Crippen LogP contribution >= 0.6 is 0 Å². The van der Waals surface area contributed by atoms with Crippen molar-refractivity contribution in [1.82, 2.24) is 10.6 Å². The molecule has 0 saturated carbocycles. The van der Waals surface area contributed by atoms with Crippen LogP contribution in [-0.2, 0) is 19.7 Å². The van der Waals surface area contributed by atoms with E-state index in [9.17, 15) is 14.4 Å². The van der Waals surface area contributed by atoms with Gasteiger partial charge in [-0.1, -0.05) is 51.1 Å². The molecule has 2 unspecified atom stereocenters. The van der Waals surface area contributed by atoms with E-state index in [1.54, 1.807) is 6.92 Å². The maximum absolute atomic E-state index is 13.2. The summed E-state index contributed by atoms with van der Waals surface area (Å²) in [6.45, 7) is 7.52. The van der Waals surface area contributed by atoms with Gasteiger partial charge in [-0.15, -0.1) is 0 Å². The lowest BCUT2D eigenvalue weighted by molar-refractivity contribution is -0.128. The number of rotatable bonds is 8. The monoisotopic (exact) mass is 442 g/mol. The van der Waals surface area contributed by atoms with Crippen molar-refractivity contribution in [1.29, 1.82) is 0 Å². The van der Waals surface area contributed by atoms with E-state index < -0.39 is 29.5 Å². The van der Waals surface area contributed by atoms with Gasteiger partial charge in [0.2, 0.25) is 5.91 Å². The number of amides is 2. The van der Waals surface area contributed by atoms with Crippen LogP contribution < -0.4 is 15.4 Å². The minimum absolute atomic E-state index is 0.0289. The SMILES string of the molecule is CCC1OCC(=O)C1NC(=O)[C@H](CC(C)(C)c1ccccc1)NC(=O)Oc1ccoc1C. The molecule has 3 atom stereocenters. The van der Waals surface area contributed by atoms with Crippen molar-refractivity contribution in [2.75, 3.05) is 6.61 Å². The number of hydrogen-bond acceptors (Lipinski definition) is 6. The van der Waals surface area contributed by atoms with Crippen molar-refractivity contribution in [2.45, 2.75) is 64.1 Å². The van der Waals surface area contributed by atoms with E-state index in [1.807, 2.05) is 51.1 Å². The fraction of sp³-hybridized carbons (Fsp3) is 0.458. The third-order valence-electron chi connectivity index (χ3n) is 5.75. The predicted octanol–water partition coefficient (Wildman–Crippen LogP) is 3.28. The highest BCUT2D eigenvalue weighted by Gasteiger charge is 2.38. The second-order valence-electron chi connectivity index (χ2n) is 8.59. The molecule has 0 aliphatic carbocycles. The minimum Gasteiger partial charge on any atom is -0.466 e. The van der Waals surface area contributed by atoms with E-state index in [2.05, 4.69) is 10.6 Å². The second-order valence-corrected chi connectivity index (χ2v) is 8.59. The lowest BCUT2D eigenvalue weighted by atomic mass is 9.79. The molecule has 8 heteroatoms. The molecule has 2 amide bonds. The molecule has 1 fully saturated rings. The molecule has 1 saturated heterocycles. The van der Waals surface area contributed by atoms with Crippen LogP contribution in [0, 0.1) is 6.92 Å². The zero-order valence-corrected chi connectivity index (χ0v) is 18.8. The first-order valence-corrected chi connectivity index (χ1v) is 10.7. The standard InChI is InChI=1S/C24H30N2O6/c1-5-19-21(18(27)14-31-19)26-22(28)17(13-24(3,4)16-9-7-6-8-10-16)25-23(29)32-20-11-12-30-15(20)2/h6-12,17,19,21H,5,13-14H2,1-4H3,(H,25,29)(H,26,28)/t17-,19?,21?/m0/s1. The number of aryl methyl sites for hydroxylation is 1. The highest BCUT2D eigenvalue weighted by atomic mass is 16.6. The molecule has 1 aliphatic rings. The van der Waals surface area contributed by atoms with E-state index in [0.717, 1.165) is 5.56 Å². The average molecular weight is 443 g/mol. The van der Waals surface area contributed by atoms with E-state index in [1.165, 1.54) is 12.3 Å². The van der Waals surface area contributed by atoms with Gasteiger partial charge in [0.1, 0.15) is 24.5 Å². The Balaban J connectivity index is 1.78. The fourth-order valence-corrected chi connectivity index (χ4v) is 3.84. The van der Waals surface area contributed by atoms with Gasteiger partial charge in [-0.2, -0.15) is 0 Å². The number of carbonyl (C=O) groups is 3. The van der Waals surface area contributed by atoms with Crippen LogP contribution in [-0.4, -0.2) is 42.6 Å². The minimum atomic E-state index is -0.934. The maximum Gasteiger partial charge on any atom is 0.413 e. The molecule has 0 radical (unpaired) electrons. The first-order chi connectivity index (χ1) is 15.2. The molecule has 0 spiro atoms. The quantitative estimate of drug-likeness (QED) is 0.650. The molecule has 8 nitrogen and oxygen atoms in total. The van der Waals surface area contributed by atoms with Gasteiger partial charge >= 0.3 is 6.09 Å². The van der Waals surface area contributed by atoms with Crippen LogP contribution in [0.3, 0.4) is 0 Å². The Morgan fingerprint density at radius 3 is 2.56 bits per heavy atom. The summed E-state index contributed by atoms with van der Waals surface area (Å²) < 4.78 is 15.9. The molecular weight excluding hydrogens is 412 g/mol. The number of nitrogens with one attached hydrogen (secondary N) is 2. The van der Waals surface area contributed by atoms with Gasteiger partial charge in [-0.3, -0.25) is 9.59 Å². The third kappa shape index (κ3) is 5.56. The summed E-state index contributed by atoms with van der Waals surface area (Å²) in [6.07, 6.45) is 1.14. The Morgan fingerprint density at radius 2 is 1.94 bits per heavy atom. The van der Waals surface area contributed by atoms with Crippen LogP contribution in [0.2, 0.25) is 0 Å². The summed E-state index contributed by atoms with van der Waals surface area (Å²) in [4.78, 5) is 38.0. The molecule has 172 valence electrons. The maximum atomic E-state index is 13.2. The molecule has 2 N–H and O–H groups in total. The molecule has 1 aliphatic heterocycles. The summed E-state index contributed by atoms with van der Waals surface area (Å²) in [5.74, 6) is 0.0830. The molecule has 32 heavy (non-hydrogen) atoms. The predicted molar refractivity (Wildman–Crippen MR) is 117 cm³/mol. The van der Waals surface area contributed by atoms with Gasteiger partial charge < -0.3 is 24.5 Å². The highest BCUT2D eigenvalue weighted by Crippen LogP contribution is 2.29.